The van der Waals surface area contributed by atoms with Gasteiger partial charge in [0.25, 0.3) is 0 Å². The Labute approximate surface area is 129 Å². The Hall–Kier alpha value is -0.610. The molecular formula is C17H32N2O2. The molecule has 1 amide bonds. The number of rotatable bonds is 8. The lowest BCUT2D eigenvalue weighted by Crippen LogP contribution is -2.50. The quantitative estimate of drug-likeness (QED) is 0.748. The van der Waals surface area contributed by atoms with E-state index in [1.807, 2.05) is 0 Å². The van der Waals surface area contributed by atoms with Gasteiger partial charge in [-0.15, -0.1) is 0 Å². The third-order valence-corrected chi connectivity index (χ3v) is 5.09. The van der Waals surface area contributed by atoms with Gasteiger partial charge in [0, 0.05) is 25.2 Å². The summed E-state index contributed by atoms with van der Waals surface area (Å²) in [5.41, 5.74) is 0. The summed E-state index contributed by atoms with van der Waals surface area (Å²) in [6.07, 6.45) is 8.33. The monoisotopic (exact) mass is 296 g/mol. The molecule has 0 saturated carbocycles. The summed E-state index contributed by atoms with van der Waals surface area (Å²) in [7, 11) is 0. The molecule has 0 aromatic heterocycles. The van der Waals surface area contributed by atoms with E-state index in [1.165, 1.54) is 0 Å². The van der Waals surface area contributed by atoms with Crippen molar-refractivity contribution in [1.29, 1.82) is 0 Å². The molecule has 0 aromatic rings. The Morgan fingerprint density at radius 3 is 2.10 bits per heavy atom. The second-order valence-electron chi connectivity index (χ2n) is 6.77. The van der Waals surface area contributed by atoms with Gasteiger partial charge in [-0.1, -0.05) is 26.7 Å². The van der Waals surface area contributed by atoms with E-state index in [2.05, 4.69) is 23.6 Å². The van der Waals surface area contributed by atoms with Crippen molar-refractivity contribution in [3.8, 4) is 0 Å². The van der Waals surface area contributed by atoms with Crippen molar-refractivity contribution >= 4 is 5.91 Å². The Morgan fingerprint density at radius 1 is 1.10 bits per heavy atom. The zero-order chi connectivity index (χ0) is 15.2. The molecule has 4 nitrogen and oxygen atoms in total. The van der Waals surface area contributed by atoms with Crippen LogP contribution in [0.1, 0.15) is 65.2 Å². The minimum Gasteiger partial charge on any atom is -0.393 e. The number of fused-ring (bicyclic) bond motifs is 2. The Balaban J connectivity index is 1.88. The van der Waals surface area contributed by atoms with Gasteiger partial charge in [-0.3, -0.25) is 9.69 Å². The smallest absolute Gasteiger partial charge is 0.236 e. The van der Waals surface area contributed by atoms with Gasteiger partial charge >= 0.3 is 0 Å². The molecule has 21 heavy (non-hydrogen) atoms. The molecule has 122 valence electrons. The van der Waals surface area contributed by atoms with Crippen LogP contribution in [-0.2, 0) is 4.79 Å². The highest BCUT2D eigenvalue weighted by Crippen LogP contribution is 2.35. The molecule has 2 aliphatic heterocycles. The van der Waals surface area contributed by atoms with Gasteiger partial charge in [0.1, 0.15) is 0 Å². The van der Waals surface area contributed by atoms with Gasteiger partial charge in [-0.25, -0.2) is 0 Å². The number of nitrogens with zero attached hydrogens (tertiary/aromatic N) is 2. The maximum Gasteiger partial charge on any atom is 0.236 e. The van der Waals surface area contributed by atoms with Crippen LogP contribution >= 0.6 is 0 Å². The number of hydrogen-bond acceptors (Lipinski definition) is 3. The number of carbonyl (C=O) groups is 1. The maximum absolute atomic E-state index is 12.6. The highest BCUT2D eigenvalue weighted by molar-refractivity contribution is 5.78. The van der Waals surface area contributed by atoms with E-state index >= 15 is 0 Å². The first kappa shape index (κ1) is 16.8. The van der Waals surface area contributed by atoms with E-state index in [1.54, 1.807) is 0 Å². The number of unbranched alkanes of at least 4 members (excludes halogenated alkanes) is 2. The highest BCUT2D eigenvalue weighted by atomic mass is 16.3. The molecule has 2 aliphatic rings. The number of aliphatic hydroxyl groups is 1. The van der Waals surface area contributed by atoms with Crippen molar-refractivity contribution in [1.82, 2.24) is 9.80 Å². The van der Waals surface area contributed by atoms with E-state index in [4.69, 9.17) is 0 Å². The van der Waals surface area contributed by atoms with Gasteiger partial charge < -0.3 is 10.0 Å². The normalized spacial score (nSPS) is 28.8. The van der Waals surface area contributed by atoms with Gasteiger partial charge in [0.15, 0.2) is 0 Å². The topological polar surface area (TPSA) is 43.8 Å². The average molecular weight is 296 g/mol. The van der Waals surface area contributed by atoms with Crippen molar-refractivity contribution in [2.75, 3.05) is 19.6 Å². The summed E-state index contributed by atoms with van der Waals surface area (Å²) in [6.45, 7) is 6.72. The lowest BCUT2D eigenvalue weighted by Gasteiger charge is -2.37. The third kappa shape index (κ3) is 4.43. The molecule has 1 N–H and O–H groups in total. The summed E-state index contributed by atoms with van der Waals surface area (Å²) in [6, 6.07) is 0.865. The van der Waals surface area contributed by atoms with E-state index < -0.39 is 0 Å². The summed E-state index contributed by atoms with van der Waals surface area (Å²) in [4.78, 5) is 17.1. The maximum atomic E-state index is 12.6. The molecule has 0 aliphatic carbocycles. The van der Waals surface area contributed by atoms with Crippen LogP contribution in [0, 0.1) is 0 Å². The number of amides is 1. The first-order valence-electron chi connectivity index (χ1n) is 8.87. The number of carbonyl (C=O) groups excluding carboxylic acids is 1. The predicted octanol–water partition coefficient (Wildman–Crippen LogP) is 2.40. The number of piperidine rings is 1. The average Bonchev–Trinajstić information content (AvgIpc) is 2.70. The number of hydrogen-bond donors (Lipinski definition) is 1. The molecule has 2 rings (SSSR count). The molecule has 2 atom stereocenters. The van der Waals surface area contributed by atoms with E-state index in [9.17, 15) is 9.90 Å². The van der Waals surface area contributed by atoms with Crippen molar-refractivity contribution in [2.45, 2.75) is 83.4 Å². The second-order valence-corrected chi connectivity index (χ2v) is 6.77. The van der Waals surface area contributed by atoms with Gasteiger partial charge in [-0.2, -0.15) is 0 Å². The third-order valence-electron chi connectivity index (χ3n) is 5.09. The zero-order valence-corrected chi connectivity index (χ0v) is 13.8. The fraction of sp³-hybridized carbons (Fsp3) is 0.941. The van der Waals surface area contributed by atoms with Crippen LogP contribution < -0.4 is 0 Å². The zero-order valence-electron chi connectivity index (χ0n) is 13.8. The minimum atomic E-state index is -0.148. The minimum absolute atomic E-state index is 0.148. The summed E-state index contributed by atoms with van der Waals surface area (Å²) < 4.78 is 0. The molecule has 2 saturated heterocycles. The van der Waals surface area contributed by atoms with E-state index in [-0.39, 0.29) is 6.10 Å². The molecule has 2 unspecified atom stereocenters. The van der Waals surface area contributed by atoms with Crippen LogP contribution in [0.2, 0.25) is 0 Å². The standard InChI is InChI=1S/C17H32N2O2/c1-3-5-9-18(10-6-4-2)17(21)13-19-14-7-8-15(19)12-16(20)11-14/h14-16,20H,3-13H2,1-2H3. The van der Waals surface area contributed by atoms with Gasteiger partial charge in [0.2, 0.25) is 5.91 Å². The van der Waals surface area contributed by atoms with Crippen molar-refractivity contribution in [3.63, 3.8) is 0 Å². The summed E-state index contributed by atoms with van der Waals surface area (Å²) in [5.74, 6) is 0.296. The van der Waals surface area contributed by atoms with Crippen molar-refractivity contribution < 1.29 is 9.90 Å². The highest BCUT2D eigenvalue weighted by Gasteiger charge is 2.41. The molecule has 2 fully saturated rings. The molecule has 0 radical (unpaired) electrons. The molecule has 0 spiro atoms. The van der Waals surface area contributed by atoms with Crippen molar-refractivity contribution in [3.05, 3.63) is 0 Å². The van der Waals surface area contributed by atoms with Crippen LogP contribution in [0.25, 0.3) is 0 Å². The SMILES string of the molecule is CCCCN(CCCC)C(=O)CN1C2CCC1CC(O)C2. The first-order chi connectivity index (χ1) is 10.2. The lowest BCUT2D eigenvalue weighted by molar-refractivity contribution is -0.134. The predicted molar refractivity (Wildman–Crippen MR) is 85.2 cm³/mol. The molecule has 4 heteroatoms. The van der Waals surface area contributed by atoms with Crippen LogP contribution in [0.3, 0.4) is 0 Å². The molecule has 2 heterocycles. The summed E-state index contributed by atoms with van der Waals surface area (Å²) >= 11 is 0. The Morgan fingerprint density at radius 2 is 1.62 bits per heavy atom. The van der Waals surface area contributed by atoms with E-state index in [0.717, 1.165) is 64.5 Å². The number of aliphatic hydroxyl groups excluding tert-OH is 1. The second kappa shape index (κ2) is 8.14. The van der Waals surface area contributed by atoms with E-state index in [0.29, 0.717) is 24.5 Å². The van der Waals surface area contributed by atoms with Gasteiger partial charge in [0.05, 0.1) is 12.6 Å². The van der Waals surface area contributed by atoms with Crippen LogP contribution in [0.15, 0.2) is 0 Å². The Bertz CT molecular complexity index is 313. The Kier molecular flexibility index (Phi) is 6.49. The fourth-order valence-corrected chi connectivity index (χ4v) is 3.82. The van der Waals surface area contributed by atoms with Crippen LogP contribution in [0.4, 0.5) is 0 Å². The fourth-order valence-electron chi connectivity index (χ4n) is 3.82. The van der Waals surface area contributed by atoms with Crippen LogP contribution in [-0.4, -0.2) is 58.6 Å². The largest absolute Gasteiger partial charge is 0.393 e. The summed E-state index contributed by atoms with van der Waals surface area (Å²) in [5, 5.41) is 9.86. The lowest BCUT2D eigenvalue weighted by atomic mass is 10.00. The van der Waals surface area contributed by atoms with Gasteiger partial charge in [-0.05, 0) is 38.5 Å². The first-order valence-corrected chi connectivity index (χ1v) is 8.87. The molecular weight excluding hydrogens is 264 g/mol. The van der Waals surface area contributed by atoms with Crippen molar-refractivity contribution in [2.24, 2.45) is 0 Å². The van der Waals surface area contributed by atoms with Crippen LogP contribution in [0.5, 0.6) is 0 Å². The molecule has 0 aromatic carbocycles. The molecule has 2 bridgehead atoms.